The summed E-state index contributed by atoms with van der Waals surface area (Å²) in [5.74, 6) is -0.290. The number of sulfonamides is 1. The predicted molar refractivity (Wildman–Crippen MR) is 73.7 cm³/mol. The van der Waals surface area contributed by atoms with Gasteiger partial charge in [-0.3, -0.25) is 4.79 Å². The van der Waals surface area contributed by atoms with Crippen LogP contribution in [-0.2, 0) is 10.0 Å². The van der Waals surface area contributed by atoms with Crippen molar-refractivity contribution in [2.75, 3.05) is 24.2 Å². The first-order valence-corrected chi connectivity index (χ1v) is 7.61. The van der Waals surface area contributed by atoms with Gasteiger partial charge < -0.3 is 10.6 Å². The number of carbonyl (C=O) groups excluding carboxylic acids is 1. The molecule has 1 aromatic rings. The van der Waals surface area contributed by atoms with Gasteiger partial charge in [0, 0.05) is 19.3 Å². The van der Waals surface area contributed by atoms with Crippen molar-refractivity contribution < 1.29 is 13.2 Å². The van der Waals surface area contributed by atoms with Crippen LogP contribution in [0.4, 0.5) is 5.82 Å². The van der Waals surface area contributed by atoms with Crippen LogP contribution in [0.2, 0.25) is 5.02 Å². The van der Waals surface area contributed by atoms with Gasteiger partial charge in [0.2, 0.25) is 10.0 Å². The van der Waals surface area contributed by atoms with E-state index >= 15 is 0 Å². The molecule has 1 amide bonds. The third-order valence-electron chi connectivity index (χ3n) is 2.12. The van der Waals surface area contributed by atoms with Gasteiger partial charge in [0.15, 0.2) is 0 Å². The summed E-state index contributed by atoms with van der Waals surface area (Å²) in [7, 11) is -3.59. The molecule has 0 bridgehead atoms. The molecule has 19 heavy (non-hydrogen) atoms. The zero-order chi connectivity index (χ0) is 14.5. The second-order valence-electron chi connectivity index (χ2n) is 3.71. The number of pyridine rings is 1. The van der Waals surface area contributed by atoms with Gasteiger partial charge >= 0.3 is 0 Å². The van der Waals surface area contributed by atoms with Crippen molar-refractivity contribution in [1.29, 1.82) is 0 Å². The highest BCUT2D eigenvalue weighted by Crippen LogP contribution is 2.19. The van der Waals surface area contributed by atoms with Crippen LogP contribution in [0.25, 0.3) is 0 Å². The van der Waals surface area contributed by atoms with Crippen LogP contribution in [0.3, 0.4) is 0 Å². The van der Waals surface area contributed by atoms with E-state index in [1.165, 1.54) is 12.3 Å². The number of nitrogens with one attached hydrogen (secondary N) is 2. The molecule has 1 aromatic heterocycles. The smallest absolute Gasteiger partial charge is 0.252 e. The van der Waals surface area contributed by atoms with E-state index in [0.717, 1.165) is 0 Å². The lowest BCUT2D eigenvalue weighted by Crippen LogP contribution is -2.31. The number of aromatic nitrogens is 1. The Hall–Kier alpha value is -1.38. The number of nitrogens with two attached hydrogens (primary N) is 1. The zero-order valence-corrected chi connectivity index (χ0v) is 11.9. The van der Waals surface area contributed by atoms with Gasteiger partial charge in [-0.2, -0.15) is 0 Å². The molecule has 4 N–H and O–H groups in total. The number of amides is 1. The minimum atomic E-state index is -3.59. The first-order chi connectivity index (χ1) is 8.83. The fourth-order valence-electron chi connectivity index (χ4n) is 1.27. The zero-order valence-electron chi connectivity index (χ0n) is 10.3. The van der Waals surface area contributed by atoms with Crippen molar-refractivity contribution in [2.24, 2.45) is 5.14 Å². The lowest BCUT2D eigenvalue weighted by molar-refractivity contribution is 0.0956. The minimum absolute atomic E-state index is 0.0652. The maximum atomic E-state index is 11.7. The molecule has 0 radical (unpaired) electrons. The quantitative estimate of drug-likeness (QED) is 0.694. The number of anilines is 1. The van der Waals surface area contributed by atoms with Gasteiger partial charge in [-0.1, -0.05) is 11.6 Å². The van der Waals surface area contributed by atoms with Gasteiger partial charge in [-0.25, -0.2) is 18.5 Å². The van der Waals surface area contributed by atoms with Crippen LogP contribution in [0.5, 0.6) is 0 Å². The van der Waals surface area contributed by atoms with E-state index in [1.807, 2.05) is 6.92 Å². The molecule has 0 aromatic carbocycles. The van der Waals surface area contributed by atoms with E-state index in [1.54, 1.807) is 0 Å². The second-order valence-corrected chi connectivity index (χ2v) is 5.85. The van der Waals surface area contributed by atoms with E-state index in [9.17, 15) is 13.2 Å². The molecular formula is C10H15ClN4O3S. The van der Waals surface area contributed by atoms with Crippen LogP contribution in [-0.4, -0.2) is 38.2 Å². The van der Waals surface area contributed by atoms with E-state index < -0.39 is 15.9 Å². The number of nitrogens with zero attached hydrogens (tertiary/aromatic N) is 1. The second kappa shape index (κ2) is 6.69. The average molecular weight is 307 g/mol. The summed E-state index contributed by atoms with van der Waals surface area (Å²) in [5.41, 5.74) is 0.251. The maximum Gasteiger partial charge on any atom is 0.252 e. The molecule has 0 aliphatic carbocycles. The third-order valence-corrected chi connectivity index (χ3v) is 3.18. The fourth-order valence-corrected chi connectivity index (χ4v) is 1.89. The molecule has 1 heterocycles. The number of hydrogen-bond donors (Lipinski definition) is 3. The Labute approximate surface area is 116 Å². The topological polar surface area (TPSA) is 114 Å². The van der Waals surface area contributed by atoms with Crippen LogP contribution >= 0.6 is 11.6 Å². The van der Waals surface area contributed by atoms with Gasteiger partial charge in [-0.05, 0) is 13.0 Å². The Bertz CT molecular complexity index is 562. The molecule has 0 atom stereocenters. The van der Waals surface area contributed by atoms with Crippen molar-refractivity contribution in [2.45, 2.75) is 6.92 Å². The molecule has 0 aliphatic heterocycles. The number of hydrogen-bond acceptors (Lipinski definition) is 5. The van der Waals surface area contributed by atoms with Crippen molar-refractivity contribution in [1.82, 2.24) is 10.3 Å². The molecule has 1 rings (SSSR count). The van der Waals surface area contributed by atoms with Crippen LogP contribution in [0, 0.1) is 0 Å². The average Bonchev–Trinajstić information content (AvgIpc) is 2.30. The highest BCUT2D eigenvalue weighted by molar-refractivity contribution is 7.89. The molecule has 0 fully saturated rings. The fraction of sp³-hybridized carbons (Fsp3) is 0.400. The van der Waals surface area contributed by atoms with Crippen molar-refractivity contribution in [3.8, 4) is 0 Å². The lowest BCUT2D eigenvalue weighted by Gasteiger charge is -2.07. The van der Waals surface area contributed by atoms with Gasteiger partial charge in [0.05, 0.1) is 16.3 Å². The van der Waals surface area contributed by atoms with Crippen molar-refractivity contribution in [3.63, 3.8) is 0 Å². The monoisotopic (exact) mass is 306 g/mol. The maximum absolute atomic E-state index is 11.7. The molecule has 9 heteroatoms. The minimum Gasteiger partial charge on any atom is -0.369 e. The highest BCUT2D eigenvalue weighted by atomic mass is 35.5. The Morgan fingerprint density at radius 3 is 2.74 bits per heavy atom. The van der Waals surface area contributed by atoms with Gasteiger partial charge in [0.25, 0.3) is 5.91 Å². The van der Waals surface area contributed by atoms with E-state index in [2.05, 4.69) is 15.6 Å². The summed E-state index contributed by atoms with van der Waals surface area (Å²) in [6.45, 7) is 2.49. The van der Waals surface area contributed by atoms with E-state index in [4.69, 9.17) is 16.7 Å². The number of rotatable bonds is 6. The first-order valence-electron chi connectivity index (χ1n) is 5.51. The van der Waals surface area contributed by atoms with E-state index in [0.29, 0.717) is 17.4 Å². The molecule has 0 spiro atoms. The summed E-state index contributed by atoms with van der Waals surface area (Å²) in [5, 5.41) is 10.5. The van der Waals surface area contributed by atoms with Crippen molar-refractivity contribution >= 4 is 33.3 Å². The van der Waals surface area contributed by atoms with Crippen LogP contribution in [0.15, 0.2) is 12.3 Å². The summed E-state index contributed by atoms with van der Waals surface area (Å²) in [6, 6.07) is 1.46. The molecule has 106 valence electrons. The lowest BCUT2D eigenvalue weighted by atomic mass is 10.2. The Balaban J connectivity index is 2.65. The SMILES string of the molecule is CCNc1ncc(C(=O)NCCS(N)(=O)=O)cc1Cl. The summed E-state index contributed by atoms with van der Waals surface area (Å²) in [6.07, 6.45) is 1.36. The highest BCUT2D eigenvalue weighted by Gasteiger charge is 2.10. The number of primary sulfonamides is 1. The Morgan fingerprint density at radius 1 is 1.53 bits per heavy atom. The Kier molecular flexibility index (Phi) is 5.52. The molecule has 0 aliphatic rings. The number of carbonyl (C=O) groups is 1. The molecule has 0 unspecified atom stereocenters. The predicted octanol–water partition coefficient (Wildman–Crippen LogP) is 0.185. The molecule has 7 nitrogen and oxygen atoms in total. The molecular weight excluding hydrogens is 292 g/mol. The third kappa shape index (κ3) is 5.41. The largest absolute Gasteiger partial charge is 0.369 e. The van der Waals surface area contributed by atoms with Crippen molar-refractivity contribution in [3.05, 3.63) is 22.8 Å². The normalized spacial score (nSPS) is 11.1. The summed E-state index contributed by atoms with van der Waals surface area (Å²) < 4.78 is 21.4. The first kappa shape index (κ1) is 15.7. The van der Waals surface area contributed by atoms with Crippen LogP contribution in [0.1, 0.15) is 17.3 Å². The summed E-state index contributed by atoms with van der Waals surface area (Å²) in [4.78, 5) is 15.7. The standard InChI is InChI=1S/C10H15ClN4O3S/c1-2-13-9-8(11)5-7(6-15-9)10(16)14-3-4-19(12,17)18/h5-6H,2-4H2,1H3,(H,13,15)(H,14,16)(H2,12,17,18). The number of halogens is 1. The molecule has 0 saturated heterocycles. The summed E-state index contributed by atoms with van der Waals surface area (Å²) >= 11 is 5.94. The molecule has 0 saturated carbocycles. The van der Waals surface area contributed by atoms with Gasteiger partial charge in [-0.15, -0.1) is 0 Å². The van der Waals surface area contributed by atoms with Gasteiger partial charge in [0.1, 0.15) is 5.82 Å². The Morgan fingerprint density at radius 2 is 2.21 bits per heavy atom. The van der Waals surface area contributed by atoms with E-state index in [-0.39, 0.29) is 17.9 Å². The van der Waals surface area contributed by atoms with Crippen LogP contribution < -0.4 is 15.8 Å².